The molecule has 2 atom stereocenters. The van der Waals surface area contributed by atoms with Gasteiger partial charge in [0.2, 0.25) is 0 Å². The quantitative estimate of drug-likeness (QED) is 0.377. The lowest BCUT2D eigenvalue weighted by molar-refractivity contribution is 0.0888. The third-order valence-electron chi connectivity index (χ3n) is 4.05. The summed E-state index contributed by atoms with van der Waals surface area (Å²) in [4.78, 5) is 4.18. The smallest absolute Gasteiger partial charge is 0.191 e. The Bertz CT molecular complexity index is 551. The Hall–Kier alpha value is -1.86. The first-order valence-electron chi connectivity index (χ1n) is 9.19. The van der Waals surface area contributed by atoms with Gasteiger partial charge in [0.15, 0.2) is 5.96 Å². The molecular formula is C19H30FN3O3. The van der Waals surface area contributed by atoms with Gasteiger partial charge in [-0.3, -0.25) is 4.99 Å². The maximum Gasteiger partial charge on any atom is 0.191 e. The van der Waals surface area contributed by atoms with Crippen LogP contribution in [0.15, 0.2) is 29.3 Å². The third-order valence-corrected chi connectivity index (χ3v) is 4.05. The topological polar surface area (TPSA) is 64.1 Å². The van der Waals surface area contributed by atoms with Crippen molar-refractivity contribution in [1.29, 1.82) is 0 Å². The molecule has 1 heterocycles. The fraction of sp³-hybridized carbons (Fsp3) is 0.632. The van der Waals surface area contributed by atoms with Gasteiger partial charge in [-0.2, -0.15) is 0 Å². The fourth-order valence-electron chi connectivity index (χ4n) is 2.62. The van der Waals surface area contributed by atoms with Crippen LogP contribution in [0.3, 0.4) is 0 Å². The van der Waals surface area contributed by atoms with Crippen molar-refractivity contribution in [3.8, 4) is 5.75 Å². The molecule has 6 nitrogen and oxygen atoms in total. The molecule has 0 amide bonds. The summed E-state index contributed by atoms with van der Waals surface area (Å²) in [5.74, 6) is 1.48. The molecule has 2 N–H and O–H groups in total. The van der Waals surface area contributed by atoms with Gasteiger partial charge in [-0.1, -0.05) is 6.07 Å². The number of guanidine groups is 1. The first-order chi connectivity index (χ1) is 12.7. The number of rotatable bonds is 10. The van der Waals surface area contributed by atoms with E-state index in [1.165, 1.54) is 12.1 Å². The van der Waals surface area contributed by atoms with E-state index in [1.54, 1.807) is 19.2 Å². The van der Waals surface area contributed by atoms with Gasteiger partial charge in [-0.15, -0.1) is 0 Å². The van der Waals surface area contributed by atoms with E-state index in [0.29, 0.717) is 24.2 Å². The van der Waals surface area contributed by atoms with Crippen molar-refractivity contribution in [2.75, 3.05) is 46.6 Å². The van der Waals surface area contributed by atoms with E-state index < -0.39 is 0 Å². The van der Waals surface area contributed by atoms with E-state index in [0.717, 1.165) is 45.8 Å². The number of nitrogens with zero attached hydrogens (tertiary/aromatic N) is 1. The highest BCUT2D eigenvalue weighted by Crippen LogP contribution is 2.13. The monoisotopic (exact) mass is 367 g/mol. The van der Waals surface area contributed by atoms with Crippen molar-refractivity contribution in [3.05, 3.63) is 30.1 Å². The van der Waals surface area contributed by atoms with Crippen LogP contribution in [0.4, 0.5) is 4.39 Å². The van der Waals surface area contributed by atoms with Gasteiger partial charge in [0.1, 0.15) is 17.7 Å². The Morgan fingerprint density at radius 3 is 3.04 bits per heavy atom. The molecule has 0 aromatic heterocycles. The zero-order valence-electron chi connectivity index (χ0n) is 15.7. The summed E-state index contributed by atoms with van der Waals surface area (Å²) < 4.78 is 29.8. The van der Waals surface area contributed by atoms with E-state index in [1.807, 2.05) is 6.92 Å². The number of nitrogens with one attached hydrogen (secondary N) is 2. The van der Waals surface area contributed by atoms with Gasteiger partial charge in [0.25, 0.3) is 0 Å². The normalized spacial score (nSPS) is 18.6. The molecule has 7 heteroatoms. The van der Waals surface area contributed by atoms with Gasteiger partial charge < -0.3 is 24.8 Å². The highest BCUT2D eigenvalue weighted by atomic mass is 19.1. The maximum atomic E-state index is 13.2. The molecule has 0 saturated carbocycles. The Kier molecular flexibility index (Phi) is 9.20. The van der Waals surface area contributed by atoms with Crippen LogP contribution < -0.4 is 15.4 Å². The number of aliphatic imine (C=N–C) groups is 1. The van der Waals surface area contributed by atoms with E-state index in [4.69, 9.17) is 14.2 Å². The molecule has 0 aliphatic carbocycles. The molecular weight excluding hydrogens is 337 g/mol. The Balaban J connectivity index is 1.54. The minimum atomic E-state index is -0.303. The highest BCUT2D eigenvalue weighted by Gasteiger charge is 2.15. The average Bonchev–Trinajstić information content (AvgIpc) is 3.14. The largest absolute Gasteiger partial charge is 0.489 e. The molecule has 0 spiro atoms. The molecule has 146 valence electrons. The molecule has 1 aliphatic heterocycles. The van der Waals surface area contributed by atoms with E-state index in [9.17, 15) is 4.39 Å². The van der Waals surface area contributed by atoms with Crippen LogP contribution in [-0.4, -0.2) is 58.6 Å². The molecule has 2 rings (SSSR count). The van der Waals surface area contributed by atoms with Crippen molar-refractivity contribution >= 4 is 5.96 Å². The number of hydrogen-bond donors (Lipinski definition) is 2. The lowest BCUT2D eigenvalue weighted by atomic mass is 10.1. The molecule has 1 aliphatic rings. The second kappa shape index (κ2) is 11.7. The van der Waals surface area contributed by atoms with Crippen molar-refractivity contribution < 1.29 is 18.6 Å². The molecule has 1 aromatic carbocycles. The summed E-state index contributed by atoms with van der Waals surface area (Å²) in [6, 6.07) is 6.14. The van der Waals surface area contributed by atoms with Gasteiger partial charge in [0.05, 0.1) is 19.8 Å². The van der Waals surface area contributed by atoms with Gasteiger partial charge >= 0.3 is 0 Å². The van der Waals surface area contributed by atoms with Crippen LogP contribution >= 0.6 is 0 Å². The lowest BCUT2D eigenvalue weighted by Gasteiger charge is -2.18. The molecule has 1 saturated heterocycles. The Labute approximate surface area is 155 Å². The van der Waals surface area contributed by atoms with Crippen LogP contribution in [0.5, 0.6) is 5.75 Å². The second-order valence-electron chi connectivity index (χ2n) is 6.42. The van der Waals surface area contributed by atoms with Crippen molar-refractivity contribution in [2.45, 2.75) is 25.9 Å². The van der Waals surface area contributed by atoms with Gasteiger partial charge in [-0.25, -0.2) is 4.39 Å². The Morgan fingerprint density at radius 1 is 1.42 bits per heavy atom. The molecule has 26 heavy (non-hydrogen) atoms. The van der Waals surface area contributed by atoms with Crippen LogP contribution in [0, 0.1) is 11.7 Å². The predicted molar refractivity (Wildman–Crippen MR) is 100 cm³/mol. The van der Waals surface area contributed by atoms with Crippen LogP contribution in [0.1, 0.15) is 19.8 Å². The van der Waals surface area contributed by atoms with E-state index in [-0.39, 0.29) is 11.9 Å². The number of benzene rings is 1. The fourth-order valence-corrected chi connectivity index (χ4v) is 2.62. The standard InChI is InChI=1S/C19H30FN3O3/c1-15(26-18-6-3-5-17(20)11-18)12-23-19(21-2)22-8-4-9-24-13-16-7-10-25-14-16/h3,5-6,11,15-16H,4,7-10,12-14H2,1-2H3,(H2,21,22,23). The molecule has 1 aromatic rings. The number of hydrogen-bond acceptors (Lipinski definition) is 4. The zero-order valence-corrected chi connectivity index (χ0v) is 15.7. The minimum Gasteiger partial charge on any atom is -0.489 e. The summed E-state index contributed by atoms with van der Waals surface area (Å²) in [5, 5.41) is 6.45. The summed E-state index contributed by atoms with van der Waals surface area (Å²) in [7, 11) is 1.73. The first-order valence-corrected chi connectivity index (χ1v) is 9.19. The predicted octanol–water partition coefficient (Wildman–Crippen LogP) is 2.20. The van der Waals surface area contributed by atoms with Gasteiger partial charge in [-0.05, 0) is 31.9 Å². The second-order valence-corrected chi connectivity index (χ2v) is 6.42. The maximum absolute atomic E-state index is 13.2. The SMILES string of the molecule is CN=C(NCCCOCC1CCOC1)NCC(C)Oc1cccc(F)c1. The van der Waals surface area contributed by atoms with Gasteiger partial charge in [0, 0.05) is 38.8 Å². The lowest BCUT2D eigenvalue weighted by Crippen LogP contribution is -2.42. The summed E-state index contributed by atoms with van der Waals surface area (Å²) >= 11 is 0. The molecule has 1 fully saturated rings. The molecule has 0 bridgehead atoms. The first kappa shape index (κ1) is 20.5. The third kappa shape index (κ3) is 8.01. The highest BCUT2D eigenvalue weighted by molar-refractivity contribution is 5.79. The summed E-state index contributed by atoms with van der Waals surface area (Å²) in [5.41, 5.74) is 0. The Morgan fingerprint density at radius 2 is 2.31 bits per heavy atom. The number of halogens is 1. The van der Waals surface area contributed by atoms with E-state index in [2.05, 4.69) is 15.6 Å². The van der Waals surface area contributed by atoms with Crippen molar-refractivity contribution in [2.24, 2.45) is 10.9 Å². The summed E-state index contributed by atoms with van der Waals surface area (Å²) in [6.45, 7) is 6.45. The van der Waals surface area contributed by atoms with Crippen LogP contribution in [0.25, 0.3) is 0 Å². The number of ether oxygens (including phenoxy) is 3. The molecule has 0 radical (unpaired) electrons. The van der Waals surface area contributed by atoms with Crippen LogP contribution in [-0.2, 0) is 9.47 Å². The molecule has 2 unspecified atom stereocenters. The summed E-state index contributed by atoms with van der Waals surface area (Å²) in [6.07, 6.45) is 1.89. The minimum absolute atomic E-state index is 0.118. The van der Waals surface area contributed by atoms with E-state index >= 15 is 0 Å². The van der Waals surface area contributed by atoms with Crippen molar-refractivity contribution in [1.82, 2.24) is 10.6 Å². The zero-order chi connectivity index (χ0) is 18.6. The van der Waals surface area contributed by atoms with Crippen molar-refractivity contribution in [3.63, 3.8) is 0 Å². The average molecular weight is 367 g/mol. The van der Waals surface area contributed by atoms with Crippen LogP contribution in [0.2, 0.25) is 0 Å².